The van der Waals surface area contributed by atoms with Crippen molar-refractivity contribution >= 4 is 29.3 Å². The smallest absolute Gasteiger partial charge is 0.255 e. The molecule has 3 atom stereocenters. The largest absolute Gasteiger partial charge is 0.489 e. The standard InChI is InChI=1S/C29H29ClN4O4/c30-23-11-17(13-31)5-7-21(23)19-14-33(15-19)24-3-1-2-4-26(24)38-20-6-8-22-18(12-20)16-34(29(22)37)25-9-10-27(35)32-28(25)36/h5-8,11-12,19,24-26H,1-4,9-10,14-16H2,(H,32,35,36)/t24-,25?,26-/m1/s1. The lowest BCUT2D eigenvalue weighted by molar-refractivity contribution is -0.136. The van der Waals surface area contributed by atoms with Crippen molar-refractivity contribution in [2.45, 2.75) is 69.2 Å². The molecule has 3 amide bonds. The van der Waals surface area contributed by atoms with Crippen LogP contribution in [-0.4, -0.2) is 58.8 Å². The van der Waals surface area contributed by atoms with Crippen LogP contribution in [0.3, 0.4) is 0 Å². The number of nitrogens with zero attached hydrogens (tertiary/aromatic N) is 3. The molecule has 1 aliphatic carbocycles. The number of likely N-dealkylation sites (tertiary alicyclic amines) is 1. The maximum atomic E-state index is 13.0. The molecule has 2 saturated heterocycles. The first-order valence-corrected chi connectivity index (χ1v) is 13.7. The summed E-state index contributed by atoms with van der Waals surface area (Å²) >= 11 is 6.46. The Hall–Kier alpha value is -3.41. The van der Waals surface area contributed by atoms with Crippen molar-refractivity contribution in [2.75, 3.05) is 13.1 Å². The lowest BCUT2D eigenvalue weighted by Gasteiger charge is -2.48. The number of nitriles is 1. The normalized spacial score (nSPS) is 25.9. The summed E-state index contributed by atoms with van der Waals surface area (Å²) in [5, 5.41) is 12.1. The molecular weight excluding hydrogens is 504 g/mol. The Balaban J connectivity index is 1.11. The highest BCUT2D eigenvalue weighted by atomic mass is 35.5. The first kappa shape index (κ1) is 24.9. The number of hydrogen-bond acceptors (Lipinski definition) is 6. The number of halogens is 1. The predicted octanol–water partition coefficient (Wildman–Crippen LogP) is 3.76. The van der Waals surface area contributed by atoms with Gasteiger partial charge in [0.1, 0.15) is 17.9 Å². The summed E-state index contributed by atoms with van der Waals surface area (Å²) in [5.74, 6) is 0.221. The summed E-state index contributed by atoms with van der Waals surface area (Å²) in [6.45, 7) is 2.16. The topological polar surface area (TPSA) is 103 Å². The first-order valence-electron chi connectivity index (χ1n) is 13.3. The number of piperidine rings is 1. The fourth-order valence-corrected chi connectivity index (χ4v) is 6.67. The Kier molecular flexibility index (Phi) is 6.58. The molecule has 1 unspecified atom stereocenters. The van der Waals surface area contributed by atoms with Gasteiger partial charge in [-0.05, 0) is 67.1 Å². The van der Waals surface area contributed by atoms with Crippen LogP contribution in [-0.2, 0) is 16.1 Å². The van der Waals surface area contributed by atoms with Crippen molar-refractivity contribution < 1.29 is 19.1 Å². The van der Waals surface area contributed by atoms with Crippen LogP contribution < -0.4 is 10.1 Å². The molecule has 2 aromatic rings. The van der Waals surface area contributed by atoms with Crippen LogP contribution in [0, 0.1) is 11.3 Å². The number of nitrogens with one attached hydrogen (secondary N) is 1. The van der Waals surface area contributed by atoms with E-state index in [1.54, 1.807) is 17.0 Å². The molecule has 8 nitrogen and oxygen atoms in total. The molecule has 1 N–H and O–H groups in total. The number of ether oxygens (including phenoxy) is 1. The zero-order chi connectivity index (χ0) is 26.4. The van der Waals surface area contributed by atoms with Gasteiger partial charge >= 0.3 is 0 Å². The van der Waals surface area contributed by atoms with Crippen LogP contribution in [0.5, 0.6) is 5.75 Å². The van der Waals surface area contributed by atoms with Crippen LogP contribution in [0.25, 0.3) is 0 Å². The molecular formula is C29H29ClN4O4. The van der Waals surface area contributed by atoms with Gasteiger partial charge < -0.3 is 9.64 Å². The Labute approximate surface area is 226 Å². The molecule has 196 valence electrons. The maximum absolute atomic E-state index is 13.0. The molecule has 0 aromatic heterocycles. The summed E-state index contributed by atoms with van der Waals surface area (Å²) in [6, 6.07) is 13.0. The lowest BCUT2D eigenvalue weighted by Crippen LogP contribution is -2.57. The maximum Gasteiger partial charge on any atom is 0.255 e. The van der Waals surface area contributed by atoms with Crippen LogP contribution in [0.2, 0.25) is 5.02 Å². The summed E-state index contributed by atoms with van der Waals surface area (Å²) < 4.78 is 6.54. The molecule has 0 radical (unpaired) electrons. The minimum atomic E-state index is -0.622. The van der Waals surface area contributed by atoms with Crippen molar-refractivity contribution in [1.82, 2.24) is 15.1 Å². The summed E-state index contributed by atoms with van der Waals surface area (Å²) in [4.78, 5) is 40.9. The second-order valence-corrected chi connectivity index (χ2v) is 11.1. The highest BCUT2D eigenvalue weighted by Gasteiger charge is 2.41. The number of fused-ring (bicyclic) bond motifs is 1. The number of benzene rings is 2. The van der Waals surface area contributed by atoms with Crippen molar-refractivity contribution in [3.63, 3.8) is 0 Å². The average Bonchev–Trinajstić information content (AvgIpc) is 3.20. The van der Waals surface area contributed by atoms with Crippen LogP contribution in [0.4, 0.5) is 0 Å². The molecule has 2 aromatic carbocycles. The van der Waals surface area contributed by atoms with Crippen LogP contribution in [0.1, 0.15) is 71.5 Å². The fourth-order valence-electron chi connectivity index (χ4n) is 6.34. The number of carbonyl (C=O) groups is 3. The minimum Gasteiger partial charge on any atom is -0.489 e. The van der Waals surface area contributed by atoms with E-state index in [9.17, 15) is 14.4 Å². The Morgan fingerprint density at radius 3 is 2.61 bits per heavy atom. The Morgan fingerprint density at radius 2 is 1.84 bits per heavy atom. The molecule has 38 heavy (non-hydrogen) atoms. The molecule has 1 saturated carbocycles. The van der Waals surface area contributed by atoms with Gasteiger partial charge in [0.15, 0.2) is 0 Å². The number of hydrogen-bond donors (Lipinski definition) is 1. The molecule has 9 heteroatoms. The fraction of sp³-hybridized carbons (Fsp3) is 0.448. The second-order valence-electron chi connectivity index (χ2n) is 10.7. The third-order valence-corrected chi connectivity index (χ3v) is 8.73. The zero-order valence-electron chi connectivity index (χ0n) is 21.0. The molecule has 3 fully saturated rings. The monoisotopic (exact) mass is 532 g/mol. The van der Waals surface area contributed by atoms with Gasteiger partial charge in [-0.2, -0.15) is 5.26 Å². The number of rotatable bonds is 5. The molecule has 0 spiro atoms. The van der Waals surface area contributed by atoms with Crippen LogP contribution in [0.15, 0.2) is 36.4 Å². The zero-order valence-corrected chi connectivity index (χ0v) is 21.7. The van der Waals surface area contributed by atoms with E-state index in [2.05, 4.69) is 16.3 Å². The van der Waals surface area contributed by atoms with Gasteiger partial charge in [0.25, 0.3) is 5.91 Å². The van der Waals surface area contributed by atoms with E-state index in [1.807, 2.05) is 24.3 Å². The third kappa shape index (κ3) is 4.55. The van der Waals surface area contributed by atoms with Crippen molar-refractivity contribution in [1.29, 1.82) is 5.26 Å². The summed E-state index contributed by atoms with van der Waals surface area (Å²) in [6.07, 6.45) is 4.98. The number of imide groups is 1. The lowest BCUT2D eigenvalue weighted by atomic mass is 9.84. The van der Waals surface area contributed by atoms with Crippen molar-refractivity contribution in [2.24, 2.45) is 0 Å². The van der Waals surface area contributed by atoms with Gasteiger partial charge in [0.2, 0.25) is 11.8 Å². The van der Waals surface area contributed by atoms with E-state index in [0.29, 0.717) is 41.1 Å². The van der Waals surface area contributed by atoms with E-state index in [0.717, 1.165) is 49.2 Å². The Bertz CT molecular complexity index is 1350. The minimum absolute atomic E-state index is 0.0579. The predicted molar refractivity (Wildman–Crippen MR) is 140 cm³/mol. The van der Waals surface area contributed by atoms with Gasteiger partial charge in [-0.1, -0.05) is 24.1 Å². The summed E-state index contributed by atoms with van der Waals surface area (Å²) in [5.41, 5.74) is 3.11. The van der Waals surface area contributed by atoms with Gasteiger partial charge in [0.05, 0.1) is 11.6 Å². The van der Waals surface area contributed by atoms with Gasteiger partial charge in [0, 0.05) is 48.6 Å². The SMILES string of the molecule is N#Cc1ccc(C2CN([C@@H]3CCCC[C@H]3Oc3ccc4c(c3)CN(C3CCC(=O)NC3=O)C4=O)C2)c(Cl)c1. The van der Waals surface area contributed by atoms with Gasteiger partial charge in [-0.15, -0.1) is 0 Å². The van der Waals surface area contributed by atoms with Gasteiger partial charge in [-0.25, -0.2) is 0 Å². The van der Waals surface area contributed by atoms with E-state index in [1.165, 1.54) is 6.42 Å². The molecule has 6 rings (SSSR count). The highest BCUT2D eigenvalue weighted by molar-refractivity contribution is 6.31. The first-order chi connectivity index (χ1) is 18.4. The van der Waals surface area contributed by atoms with Crippen molar-refractivity contribution in [3.05, 3.63) is 63.7 Å². The third-order valence-electron chi connectivity index (χ3n) is 8.40. The quantitative estimate of drug-likeness (QED) is 0.588. The average molecular weight is 533 g/mol. The van der Waals surface area contributed by atoms with E-state index < -0.39 is 11.9 Å². The van der Waals surface area contributed by atoms with Gasteiger partial charge in [-0.3, -0.25) is 24.6 Å². The molecule has 4 aliphatic rings. The Morgan fingerprint density at radius 1 is 1.03 bits per heavy atom. The second kappa shape index (κ2) is 10.0. The van der Waals surface area contributed by atoms with E-state index >= 15 is 0 Å². The summed E-state index contributed by atoms with van der Waals surface area (Å²) in [7, 11) is 0. The molecule has 3 heterocycles. The van der Waals surface area contributed by atoms with Crippen molar-refractivity contribution in [3.8, 4) is 11.8 Å². The number of carbonyl (C=O) groups excluding carboxylic acids is 3. The van der Waals surface area contributed by atoms with E-state index in [-0.39, 0.29) is 24.3 Å². The van der Waals surface area contributed by atoms with E-state index in [4.69, 9.17) is 21.6 Å². The number of amides is 3. The molecule has 3 aliphatic heterocycles. The van der Waals surface area contributed by atoms with Crippen LogP contribution >= 0.6 is 11.6 Å². The molecule has 0 bridgehead atoms. The highest BCUT2D eigenvalue weighted by Crippen LogP contribution is 2.38.